The van der Waals surface area contributed by atoms with Crippen molar-refractivity contribution in [2.24, 2.45) is 7.05 Å². The van der Waals surface area contributed by atoms with Gasteiger partial charge in [0.15, 0.2) is 0 Å². The Hall–Kier alpha value is -1.63. The third-order valence-electron chi connectivity index (χ3n) is 2.66. The van der Waals surface area contributed by atoms with Crippen molar-refractivity contribution < 1.29 is 0 Å². The maximum Gasteiger partial charge on any atom is 0.283 e. The van der Waals surface area contributed by atoms with Gasteiger partial charge in [0.25, 0.3) is 5.56 Å². The second-order valence-electron chi connectivity index (χ2n) is 4.55. The van der Waals surface area contributed by atoms with E-state index in [-0.39, 0.29) is 11.6 Å². The van der Waals surface area contributed by atoms with Gasteiger partial charge in [-0.1, -0.05) is 0 Å². The molecule has 0 atom stereocenters. The van der Waals surface area contributed by atoms with E-state index in [9.17, 15) is 4.79 Å². The predicted molar refractivity (Wildman–Crippen MR) is 77.1 cm³/mol. The molecule has 2 rings (SSSR count). The minimum absolute atomic E-state index is 0.0358. The van der Waals surface area contributed by atoms with E-state index in [1.165, 1.54) is 4.68 Å². The molecule has 0 radical (unpaired) electrons. The summed E-state index contributed by atoms with van der Waals surface area (Å²) >= 11 is 3.32. The molecule has 0 bridgehead atoms. The van der Waals surface area contributed by atoms with E-state index < -0.39 is 0 Å². The molecule has 0 fully saturated rings. The Morgan fingerprint density at radius 1 is 1.47 bits per heavy atom. The maximum atomic E-state index is 12.0. The Labute approximate surface area is 119 Å². The molecule has 0 aliphatic heterocycles. The van der Waals surface area contributed by atoms with Crippen LogP contribution < -0.4 is 10.9 Å². The second-order valence-corrected chi connectivity index (χ2v) is 5.34. The van der Waals surface area contributed by atoms with E-state index in [2.05, 4.69) is 31.4 Å². The molecule has 102 valence electrons. The van der Waals surface area contributed by atoms with E-state index in [0.717, 1.165) is 5.69 Å². The van der Waals surface area contributed by atoms with Crippen LogP contribution in [0.3, 0.4) is 0 Å². The summed E-state index contributed by atoms with van der Waals surface area (Å²) in [5.74, 6) is 0. The van der Waals surface area contributed by atoms with E-state index in [4.69, 9.17) is 0 Å². The molecule has 2 heterocycles. The minimum atomic E-state index is -0.138. The Morgan fingerprint density at radius 3 is 2.79 bits per heavy atom. The molecular formula is C12H16BrN5O. The molecule has 7 heteroatoms. The van der Waals surface area contributed by atoms with Crippen molar-refractivity contribution >= 4 is 21.6 Å². The fraction of sp³-hybridized carbons (Fsp3) is 0.417. The van der Waals surface area contributed by atoms with Crippen LogP contribution in [0.25, 0.3) is 0 Å². The van der Waals surface area contributed by atoms with Gasteiger partial charge in [0.1, 0.15) is 4.47 Å². The van der Waals surface area contributed by atoms with Crippen molar-refractivity contribution in [3.63, 3.8) is 0 Å². The van der Waals surface area contributed by atoms with Crippen LogP contribution in [0.1, 0.15) is 25.6 Å². The number of hydrogen-bond acceptors (Lipinski definition) is 4. The highest BCUT2D eigenvalue weighted by Crippen LogP contribution is 2.17. The Balaban J connectivity index is 2.18. The van der Waals surface area contributed by atoms with Crippen molar-refractivity contribution in [1.29, 1.82) is 0 Å². The normalized spacial score (nSPS) is 11.0. The molecule has 0 saturated heterocycles. The van der Waals surface area contributed by atoms with E-state index in [1.54, 1.807) is 10.9 Å². The number of nitrogens with zero attached hydrogens (tertiary/aromatic N) is 4. The van der Waals surface area contributed by atoms with Crippen LogP contribution in [0.2, 0.25) is 0 Å². The van der Waals surface area contributed by atoms with Gasteiger partial charge in [-0.3, -0.25) is 9.48 Å². The van der Waals surface area contributed by atoms with Gasteiger partial charge in [0, 0.05) is 13.2 Å². The minimum Gasteiger partial charge on any atom is -0.377 e. The van der Waals surface area contributed by atoms with Gasteiger partial charge in [0.05, 0.1) is 30.2 Å². The molecule has 0 unspecified atom stereocenters. The van der Waals surface area contributed by atoms with Crippen LogP contribution in [-0.2, 0) is 13.6 Å². The average molecular weight is 326 g/mol. The third kappa shape index (κ3) is 3.04. The van der Waals surface area contributed by atoms with Crippen molar-refractivity contribution in [2.75, 3.05) is 5.32 Å². The number of aryl methyl sites for hydroxylation is 1. The Bertz CT molecular complexity index is 631. The first-order valence-electron chi connectivity index (χ1n) is 5.98. The first-order chi connectivity index (χ1) is 8.99. The first kappa shape index (κ1) is 13.8. The van der Waals surface area contributed by atoms with Gasteiger partial charge < -0.3 is 5.32 Å². The van der Waals surface area contributed by atoms with Crippen LogP contribution >= 0.6 is 15.9 Å². The summed E-state index contributed by atoms with van der Waals surface area (Å²) in [6.07, 6.45) is 3.52. The monoisotopic (exact) mass is 325 g/mol. The fourth-order valence-corrected chi connectivity index (χ4v) is 2.10. The first-order valence-corrected chi connectivity index (χ1v) is 6.78. The molecule has 0 aliphatic carbocycles. The summed E-state index contributed by atoms with van der Waals surface area (Å²) < 4.78 is 3.67. The van der Waals surface area contributed by atoms with Crippen molar-refractivity contribution in [1.82, 2.24) is 19.6 Å². The lowest BCUT2D eigenvalue weighted by Crippen LogP contribution is -2.26. The molecule has 0 amide bonds. The average Bonchev–Trinajstić information content (AvgIpc) is 2.76. The highest BCUT2D eigenvalue weighted by atomic mass is 79.9. The zero-order valence-corrected chi connectivity index (χ0v) is 12.7. The highest BCUT2D eigenvalue weighted by molar-refractivity contribution is 9.10. The third-order valence-corrected chi connectivity index (χ3v) is 3.43. The topological polar surface area (TPSA) is 64.7 Å². The fourth-order valence-electron chi connectivity index (χ4n) is 1.68. The van der Waals surface area contributed by atoms with E-state index in [0.29, 0.717) is 16.7 Å². The molecule has 0 aliphatic rings. The number of aromatic nitrogens is 4. The van der Waals surface area contributed by atoms with Gasteiger partial charge in [-0.15, -0.1) is 0 Å². The summed E-state index contributed by atoms with van der Waals surface area (Å²) in [5.41, 5.74) is 1.44. The van der Waals surface area contributed by atoms with Gasteiger partial charge in [-0.05, 0) is 35.8 Å². The molecule has 2 aromatic heterocycles. The molecular weight excluding hydrogens is 310 g/mol. The van der Waals surface area contributed by atoms with Gasteiger partial charge in [0.2, 0.25) is 0 Å². The summed E-state index contributed by atoms with van der Waals surface area (Å²) in [6.45, 7) is 4.38. The number of anilines is 1. The van der Waals surface area contributed by atoms with E-state index in [1.807, 2.05) is 33.2 Å². The lowest BCUT2D eigenvalue weighted by atomic mass is 10.3. The number of rotatable bonds is 4. The number of halogens is 1. The lowest BCUT2D eigenvalue weighted by Gasteiger charge is -2.11. The second kappa shape index (κ2) is 5.56. The number of hydrogen-bond donors (Lipinski definition) is 1. The summed E-state index contributed by atoms with van der Waals surface area (Å²) in [7, 11) is 1.87. The SMILES string of the molecule is CC(C)n1ncc(NCc2ccn(C)n2)c(Br)c1=O. The largest absolute Gasteiger partial charge is 0.377 e. The molecule has 6 nitrogen and oxygen atoms in total. The summed E-state index contributed by atoms with van der Waals surface area (Å²) in [4.78, 5) is 12.0. The molecule has 0 aromatic carbocycles. The summed E-state index contributed by atoms with van der Waals surface area (Å²) in [5, 5.41) is 11.6. The summed E-state index contributed by atoms with van der Waals surface area (Å²) in [6, 6.07) is 1.96. The zero-order valence-electron chi connectivity index (χ0n) is 11.1. The van der Waals surface area contributed by atoms with Crippen molar-refractivity contribution in [2.45, 2.75) is 26.4 Å². The molecule has 2 aromatic rings. The highest BCUT2D eigenvalue weighted by Gasteiger charge is 2.10. The zero-order chi connectivity index (χ0) is 14.0. The van der Waals surface area contributed by atoms with Crippen LogP contribution in [0.15, 0.2) is 27.7 Å². The Morgan fingerprint density at radius 2 is 2.21 bits per heavy atom. The smallest absolute Gasteiger partial charge is 0.283 e. The van der Waals surface area contributed by atoms with Crippen LogP contribution in [0.4, 0.5) is 5.69 Å². The predicted octanol–water partition coefficient (Wildman–Crippen LogP) is 1.93. The van der Waals surface area contributed by atoms with Gasteiger partial charge in [-0.2, -0.15) is 10.2 Å². The quantitative estimate of drug-likeness (QED) is 0.932. The van der Waals surface area contributed by atoms with Crippen LogP contribution in [-0.4, -0.2) is 19.6 Å². The standard InChI is InChI=1S/C12H16BrN5O/c1-8(2)18-12(19)11(13)10(7-15-18)14-6-9-4-5-17(3)16-9/h4-5,7-8,14H,6H2,1-3H3. The van der Waals surface area contributed by atoms with Crippen LogP contribution in [0.5, 0.6) is 0 Å². The van der Waals surface area contributed by atoms with Crippen LogP contribution in [0, 0.1) is 0 Å². The van der Waals surface area contributed by atoms with Crippen molar-refractivity contribution in [3.8, 4) is 0 Å². The van der Waals surface area contributed by atoms with E-state index >= 15 is 0 Å². The molecule has 0 spiro atoms. The van der Waals surface area contributed by atoms with Crippen molar-refractivity contribution in [3.05, 3.63) is 39.0 Å². The lowest BCUT2D eigenvalue weighted by molar-refractivity contribution is 0.501. The Kier molecular flexibility index (Phi) is 4.04. The van der Waals surface area contributed by atoms with Gasteiger partial charge in [-0.25, -0.2) is 4.68 Å². The van der Waals surface area contributed by atoms with Gasteiger partial charge >= 0.3 is 0 Å². The molecule has 1 N–H and O–H groups in total. The number of nitrogens with one attached hydrogen (secondary N) is 1. The maximum absolute atomic E-state index is 12.0. The molecule has 0 saturated carbocycles. The molecule has 19 heavy (non-hydrogen) atoms.